The molecule has 0 aromatic heterocycles. The Morgan fingerprint density at radius 1 is 0.441 bits per heavy atom. The summed E-state index contributed by atoms with van der Waals surface area (Å²) in [5.41, 5.74) is 0. The van der Waals surface area contributed by atoms with Crippen molar-refractivity contribution in [2.24, 2.45) is 0 Å². The van der Waals surface area contributed by atoms with Crippen LogP contribution in [-0.4, -0.2) is 168 Å². The molecule has 0 bridgehead atoms. The van der Waals surface area contributed by atoms with Crippen molar-refractivity contribution in [1.29, 1.82) is 0 Å². The molecule has 0 radical (unpaired) electrons. The zero-order valence-corrected chi connectivity index (χ0v) is 17.7. The highest BCUT2D eigenvalue weighted by Gasteiger charge is 2.48. The van der Waals surface area contributed by atoms with Gasteiger partial charge in [-0.05, 0) is 0 Å². The Morgan fingerprint density at radius 2 is 0.824 bits per heavy atom. The van der Waals surface area contributed by atoms with Crippen molar-refractivity contribution in [3.8, 4) is 0 Å². The van der Waals surface area contributed by atoms with Crippen LogP contribution in [0.4, 0.5) is 0 Å². The van der Waals surface area contributed by atoms with Crippen LogP contribution >= 0.6 is 0 Å². The van der Waals surface area contributed by atoms with Crippen molar-refractivity contribution in [2.45, 2.75) is 92.1 Å². The lowest BCUT2D eigenvalue weighted by molar-refractivity contribution is -0.340. The molecule has 3 saturated heterocycles. The van der Waals surface area contributed by atoms with Crippen LogP contribution in [0.5, 0.6) is 0 Å². The number of hydrogen-bond donors (Lipinski definition) is 11. The molecule has 34 heavy (non-hydrogen) atoms. The largest absolute Gasteiger partial charge is 0.394 e. The maximum Gasteiger partial charge on any atom is 0.186 e. The molecule has 3 heterocycles. The lowest BCUT2D eigenvalue weighted by Gasteiger charge is -2.43. The number of rotatable bonds is 7. The molecule has 3 aliphatic rings. The fraction of sp³-hybridized carbons (Fsp3) is 1.00. The molecule has 3 aliphatic heterocycles. The first-order chi connectivity index (χ1) is 16.0. The van der Waals surface area contributed by atoms with Crippen LogP contribution in [0.15, 0.2) is 0 Å². The van der Waals surface area contributed by atoms with E-state index in [0.29, 0.717) is 0 Å². The van der Waals surface area contributed by atoms with Gasteiger partial charge in [0.2, 0.25) is 0 Å². The lowest BCUT2D eigenvalue weighted by atomic mass is 9.98. The Morgan fingerprint density at radius 3 is 1.29 bits per heavy atom. The van der Waals surface area contributed by atoms with Crippen LogP contribution in [0.25, 0.3) is 0 Å². The van der Waals surface area contributed by atoms with Gasteiger partial charge in [-0.15, -0.1) is 0 Å². The van der Waals surface area contributed by atoms with E-state index in [2.05, 4.69) is 0 Å². The molecule has 0 amide bonds. The first-order valence-corrected chi connectivity index (χ1v) is 10.6. The third kappa shape index (κ3) is 5.68. The summed E-state index contributed by atoms with van der Waals surface area (Å²) in [5.74, 6) is 0. The van der Waals surface area contributed by atoms with E-state index in [0.717, 1.165) is 0 Å². The second-order valence-electron chi connectivity index (χ2n) is 8.42. The number of hydrogen-bond acceptors (Lipinski definition) is 16. The van der Waals surface area contributed by atoms with Gasteiger partial charge in [0.1, 0.15) is 73.2 Å². The highest BCUT2D eigenvalue weighted by atomic mass is 16.7. The van der Waals surface area contributed by atoms with E-state index >= 15 is 0 Å². The second kappa shape index (κ2) is 11.6. The van der Waals surface area contributed by atoms with Crippen molar-refractivity contribution in [1.82, 2.24) is 0 Å². The first kappa shape index (κ1) is 27.9. The summed E-state index contributed by atoms with van der Waals surface area (Å²) in [6.07, 6.45) is -24.4. The fourth-order valence-electron chi connectivity index (χ4n) is 3.84. The van der Waals surface area contributed by atoms with Gasteiger partial charge < -0.3 is 79.9 Å². The van der Waals surface area contributed by atoms with Crippen LogP contribution in [0, 0.1) is 0 Å². The molecule has 15 atom stereocenters. The molecular formula is C18H32O16. The monoisotopic (exact) mass is 504 g/mol. The van der Waals surface area contributed by atoms with E-state index in [4.69, 9.17) is 23.7 Å². The molecule has 0 aliphatic carbocycles. The van der Waals surface area contributed by atoms with Crippen LogP contribution in [0.2, 0.25) is 0 Å². The summed E-state index contributed by atoms with van der Waals surface area (Å²) in [5, 5.41) is 108. The Hall–Kier alpha value is -0.640. The van der Waals surface area contributed by atoms with Crippen LogP contribution in [-0.2, 0) is 23.7 Å². The van der Waals surface area contributed by atoms with Crippen molar-refractivity contribution >= 4 is 0 Å². The second-order valence-corrected chi connectivity index (χ2v) is 8.42. The van der Waals surface area contributed by atoms with Gasteiger partial charge in [0.05, 0.1) is 19.8 Å². The standard InChI is InChI=1S/C18H32O16/c19-1-4-7(20)11(24)14(27)17(33-4)31-3-6-9(22)12(25)15(28)18(34-6)30-2-5-8(21)10(23)13(26)16(29)32-5/h4-29H,1-3H2/t4-,5-,6-,7+,8+,9+,10+,11+,12+,13-,14-,15-,16?,17-,18+/m1/s1. The average molecular weight is 504 g/mol. The van der Waals surface area contributed by atoms with E-state index in [1.807, 2.05) is 0 Å². The molecular weight excluding hydrogens is 472 g/mol. The lowest BCUT2D eigenvalue weighted by Crippen LogP contribution is -2.62. The Kier molecular flexibility index (Phi) is 9.54. The summed E-state index contributed by atoms with van der Waals surface area (Å²) >= 11 is 0. The van der Waals surface area contributed by atoms with Crippen molar-refractivity contribution in [2.75, 3.05) is 19.8 Å². The highest BCUT2D eigenvalue weighted by Crippen LogP contribution is 2.27. The molecule has 1 unspecified atom stereocenters. The third-order valence-corrected chi connectivity index (χ3v) is 6.05. The molecule has 16 heteroatoms. The molecule has 0 spiro atoms. The van der Waals surface area contributed by atoms with Crippen LogP contribution in [0.3, 0.4) is 0 Å². The maximum atomic E-state index is 10.2. The van der Waals surface area contributed by atoms with E-state index in [-0.39, 0.29) is 0 Å². The topological polar surface area (TPSA) is 269 Å². The van der Waals surface area contributed by atoms with Gasteiger partial charge in [-0.3, -0.25) is 0 Å². The molecule has 0 saturated carbocycles. The van der Waals surface area contributed by atoms with E-state index in [1.54, 1.807) is 0 Å². The zero-order chi connectivity index (χ0) is 25.3. The summed E-state index contributed by atoms with van der Waals surface area (Å²) in [6.45, 7) is -1.84. The van der Waals surface area contributed by atoms with Gasteiger partial charge in [0, 0.05) is 0 Å². The Labute approximate surface area is 192 Å². The minimum absolute atomic E-state index is 0.570. The van der Waals surface area contributed by atoms with Crippen molar-refractivity contribution in [3.05, 3.63) is 0 Å². The predicted molar refractivity (Wildman–Crippen MR) is 101 cm³/mol. The molecule has 200 valence electrons. The minimum Gasteiger partial charge on any atom is -0.394 e. The normalized spacial score (nSPS) is 52.5. The zero-order valence-electron chi connectivity index (χ0n) is 17.7. The van der Waals surface area contributed by atoms with Gasteiger partial charge >= 0.3 is 0 Å². The van der Waals surface area contributed by atoms with Gasteiger partial charge in [0.15, 0.2) is 18.9 Å². The van der Waals surface area contributed by atoms with Crippen LogP contribution < -0.4 is 0 Å². The molecule has 0 aromatic rings. The average Bonchev–Trinajstić information content (AvgIpc) is 2.82. The molecule has 3 fully saturated rings. The number of aliphatic hydroxyl groups is 11. The smallest absolute Gasteiger partial charge is 0.186 e. The number of ether oxygens (including phenoxy) is 5. The predicted octanol–water partition coefficient (Wildman–Crippen LogP) is -7.57. The Bertz CT molecular complexity index is 639. The summed E-state index contributed by atoms with van der Waals surface area (Å²) < 4.78 is 26.1. The minimum atomic E-state index is -1.82. The van der Waals surface area contributed by atoms with E-state index in [1.165, 1.54) is 0 Å². The van der Waals surface area contributed by atoms with E-state index in [9.17, 15) is 56.2 Å². The highest BCUT2D eigenvalue weighted by molar-refractivity contribution is 4.92. The Balaban J connectivity index is 1.58. The van der Waals surface area contributed by atoms with Gasteiger partial charge in [0.25, 0.3) is 0 Å². The quantitative estimate of drug-likeness (QED) is 0.154. The third-order valence-electron chi connectivity index (χ3n) is 6.05. The van der Waals surface area contributed by atoms with Gasteiger partial charge in [-0.25, -0.2) is 0 Å². The fourth-order valence-corrected chi connectivity index (χ4v) is 3.84. The van der Waals surface area contributed by atoms with E-state index < -0.39 is 112 Å². The first-order valence-electron chi connectivity index (χ1n) is 10.6. The van der Waals surface area contributed by atoms with Crippen molar-refractivity contribution < 1.29 is 79.9 Å². The molecule has 3 rings (SSSR count). The van der Waals surface area contributed by atoms with Gasteiger partial charge in [-0.1, -0.05) is 0 Å². The molecule has 16 nitrogen and oxygen atoms in total. The van der Waals surface area contributed by atoms with Gasteiger partial charge in [-0.2, -0.15) is 0 Å². The van der Waals surface area contributed by atoms with Crippen molar-refractivity contribution in [3.63, 3.8) is 0 Å². The summed E-state index contributed by atoms with van der Waals surface area (Å²) in [7, 11) is 0. The summed E-state index contributed by atoms with van der Waals surface area (Å²) in [4.78, 5) is 0. The molecule has 0 aromatic carbocycles. The van der Waals surface area contributed by atoms with Crippen LogP contribution in [0.1, 0.15) is 0 Å². The number of aliphatic hydroxyl groups excluding tert-OH is 11. The molecule has 11 N–H and O–H groups in total. The summed E-state index contributed by atoms with van der Waals surface area (Å²) in [6, 6.07) is 0. The SMILES string of the molecule is OC[C@H]1O[C@@H](OC[C@H]2O[C@H](OC[C@H]3OC(O)[C@H](O)[C@@H](O)[C@H]3O)[C@H](O)[C@@H](O)[C@H]2O)[C@H](O)[C@@H](O)[C@H]1O. The maximum absolute atomic E-state index is 10.2.